The minimum absolute atomic E-state index is 0.284. The molecule has 1 aromatic rings. The molecule has 1 aromatic carbocycles. The van der Waals surface area contributed by atoms with Crippen molar-refractivity contribution in [3.63, 3.8) is 0 Å². The monoisotopic (exact) mass is 204 g/mol. The lowest BCUT2D eigenvalue weighted by Crippen LogP contribution is -2.22. The molecule has 1 unspecified atom stereocenters. The van der Waals surface area contributed by atoms with Gasteiger partial charge in [-0.25, -0.2) is 4.79 Å². The zero-order valence-electron chi connectivity index (χ0n) is 8.41. The predicted octanol–water partition coefficient (Wildman–Crippen LogP) is 1.13. The fourth-order valence-corrected chi connectivity index (χ4v) is 1.64. The van der Waals surface area contributed by atoms with Crippen molar-refractivity contribution in [2.24, 2.45) is 0 Å². The molecule has 1 saturated heterocycles. The van der Waals surface area contributed by atoms with Gasteiger partial charge in [0.15, 0.2) is 0 Å². The molecule has 4 nitrogen and oxygen atoms in total. The maximum absolute atomic E-state index is 11.4. The molecule has 1 aliphatic rings. The van der Waals surface area contributed by atoms with Crippen LogP contribution in [0.5, 0.6) is 0 Å². The number of carbonyl (C=O) groups excluding carboxylic acids is 2. The van der Waals surface area contributed by atoms with Gasteiger partial charge in [-0.05, 0) is 17.5 Å². The fourth-order valence-electron chi connectivity index (χ4n) is 1.64. The highest BCUT2D eigenvalue weighted by molar-refractivity contribution is 6.04. The summed E-state index contributed by atoms with van der Waals surface area (Å²) in [6.07, 6.45) is 0.913. The van der Waals surface area contributed by atoms with Crippen LogP contribution in [0.1, 0.15) is 24.1 Å². The van der Waals surface area contributed by atoms with Crippen molar-refractivity contribution >= 4 is 11.9 Å². The Labute approximate surface area is 87.7 Å². The zero-order valence-corrected chi connectivity index (χ0v) is 8.41. The van der Waals surface area contributed by atoms with E-state index in [1.165, 1.54) is 0 Å². The number of imide groups is 1. The van der Waals surface area contributed by atoms with E-state index in [0.717, 1.165) is 17.5 Å². The molecule has 15 heavy (non-hydrogen) atoms. The predicted molar refractivity (Wildman–Crippen MR) is 55.2 cm³/mol. The van der Waals surface area contributed by atoms with Crippen molar-refractivity contribution in [1.29, 1.82) is 0 Å². The summed E-state index contributed by atoms with van der Waals surface area (Å²) in [7, 11) is 0. The first kappa shape index (κ1) is 9.71. The third-order valence-electron chi connectivity index (χ3n) is 2.47. The van der Waals surface area contributed by atoms with Crippen molar-refractivity contribution in [3.05, 3.63) is 35.4 Å². The van der Waals surface area contributed by atoms with Gasteiger partial charge in [-0.15, -0.1) is 0 Å². The van der Waals surface area contributed by atoms with E-state index in [4.69, 9.17) is 0 Å². The van der Waals surface area contributed by atoms with Crippen LogP contribution in [0.2, 0.25) is 0 Å². The topological polar surface area (TPSA) is 58.2 Å². The van der Waals surface area contributed by atoms with Gasteiger partial charge in [-0.1, -0.05) is 31.2 Å². The third kappa shape index (κ3) is 1.83. The van der Waals surface area contributed by atoms with Crippen LogP contribution in [0.4, 0.5) is 4.79 Å². The van der Waals surface area contributed by atoms with Gasteiger partial charge < -0.3 is 5.32 Å². The summed E-state index contributed by atoms with van der Waals surface area (Å²) < 4.78 is 0. The van der Waals surface area contributed by atoms with Crippen molar-refractivity contribution in [2.75, 3.05) is 0 Å². The van der Waals surface area contributed by atoms with Gasteiger partial charge in [0.2, 0.25) is 0 Å². The SMILES string of the molecule is CCc1cccc(C2NC(=O)NC2=O)c1. The largest absolute Gasteiger partial charge is 0.322 e. The molecule has 0 radical (unpaired) electrons. The second-order valence-corrected chi connectivity index (χ2v) is 3.49. The highest BCUT2D eigenvalue weighted by atomic mass is 16.2. The van der Waals surface area contributed by atoms with Crippen LogP contribution in [0, 0.1) is 0 Å². The van der Waals surface area contributed by atoms with Crippen molar-refractivity contribution in [1.82, 2.24) is 10.6 Å². The molecule has 1 heterocycles. The zero-order chi connectivity index (χ0) is 10.8. The second kappa shape index (κ2) is 3.73. The number of urea groups is 1. The molecule has 0 bridgehead atoms. The van der Waals surface area contributed by atoms with E-state index in [-0.39, 0.29) is 5.91 Å². The number of nitrogens with one attached hydrogen (secondary N) is 2. The summed E-state index contributed by atoms with van der Waals surface area (Å²) in [5.41, 5.74) is 1.99. The van der Waals surface area contributed by atoms with Crippen LogP contribution in [-0.2, 0) is 11.2 Å². The normalized spacial score (nSPS) is 19.9. The Balaban J connectivity index is 2.29. The lowest BCUT2D eigenvalue weighted by Gasteiger charge is -2.08. The molecule has 0 spiro atoms. The average molecular weight is 204 g/mol. The van der Waals surface area contributed by atoms with Gasteiger partial charge in [-0.3, -0.25) is 10.1 Å². The molecule has 1 aliphatic heterocycles. The Kier molecular flexibility index (Phi) is 2.41. The minimum atomic E-state index is -0.538. The molecular weight excluding hydrogens is 192 g/mol. The average Bonchev–Trinajstić information content (AvgIpc) is 2.58. The quantitative estimate of drug-likeness (QED) is 0.709. The van der Waals surface area contributed by atoms with E-state index < -0.39 is 12.1 Å². The highest BCUT2D eigenvalue weighted by Crippen LogP contribution is 2.17. The van der Waals surface area contributed by atoms with E-state index >= 15 is 0 Å². The molecule has 0 aromatic heterocycles. The van der Waals surface area contributed by atoms with Gasteiger partial charge in [0, 0.05) is 0 Å². The summed E-state index contributed by atoms with van der Waals surface area (Å²) >= 11 is 0. The number of amides is 3. The first-order valence-corrected chi connectivity index (χ1v) is 4.91. The lowest BCUT2D eigenvalue weighted by atomic mass is 10.0. The number of benzene rings is 1. The molecule has 2 N–H and O–H groups in total. The molecule has 2 rings (SSSR count). The first-order chi connectivity index (χ1) is 7.20. The standard InChI is InChI=1S/C11H12N2O2/c1-2-7-4-3-5-8(6-7)9-10(14)13-11(15)12-9/h3-6,9H,2H2,1H3,(H2,12,13,14,15). The molecule has 3 amide bonds. The number of carbonyl (C=O) groups is 2. The van der Waals surface area contributed by atoms with Crippen LogP contribution < -0.4 is 10.6 Å². The summed E-state index contributed by atoms with van der Waals surface area (Å²) in [5.74, 6) is -0.284. The Bertz CT molecular complexity index is 415. The van der Waals surface area contributed by atoms with Crippen molar-refractivity contribution in [3.8, 4) is 0 Å². The number of hydrogen-bond acceptors (Lipinski definition) is 2. The van der Waals surface area contributed by atoms with Crippen molar-refractivity contribution in [2.45, 2.75) is 19.4 Å². The Morgan fingerprint density at radius 3 is 2.73 bits per heavy atom. The molecule has 1 atom stereocenters. The molecule has 1 fully saturated rings. The maximum atomic E-state index is 11.4. The molecule has 78 valence electrons. The van der Waals surface area contributed by atoms with Crippen LogP contribution in [-0.4, -0.2) is 11.9 Å². The number of aryl methyl sites for hydroxylation is 1. The van der Waals surface area contributed by atoms with E-state index in [1.807, 2.05) is 31.2 Å². The lowest BCUT2D eigenvalue weighted by molar-refractivity contribution is -0.120. The second-order valence-electron chi connectivity index (χ2n) is 3.49. The molecule has 0 saturated carbocycles. The third-order valence-corrected chi connectivity index (χ3v) is 2.47. The Hall–Kier alpha value is -1.84. The van der Waals surface area contributed by atoms with E-state index in [1.54, 1.807) is 0 Å². The number of hydrogen-bond donors (Lipinski definition) is 2. The Morgan fingerprint density at radius 2 is 2.13 bits per heavy atom. The van der Waals surface area contributed by atoms with Gasteiger partial charge in [-0.2, -0.15) is 0 Å². The molecule has 0 aliphatic carbocycles. The summed E-state index contributed by atoms with van der Waals surface area (Å²) in [6, 6.07) is 6.71. The van der Waals surface area contributed by atoms with Gasteiger partial charge in [0.05, 0.1) is 0 Å². The van der Waals surface area contributed by atoms with E-state index in [9.17, 15) is 9.59 Å². The summed E-state index contributed by atoms with van der Waals surface area (Å²) in [4.78, 5) is 22.3. The van der Waals surface area contributed by atoms with E-state index in [2.05, 4.69) is 10.6 Å². The Morgan fingerprint density at radius 1 is 1.33 bits per heavy atom. The first-order valence-electron chi connectivity index (χ1n) is 4.91. The van der Waals surface area contributed by atoms with Gasteiger partial charge >= 0.3 is 6.03 Å². The van der Waals surface area contributed by atoms with Crippen molar-refractivity contribution < 1.29 is 9.59 Å². The van der Waals surface area contributed by atoms with Crippen LogP contribution >= 0.6 is 0 Å². The fraction of sp³-hybridized carbons (Fsp3) is 0.273. The highest BCUT2D eigenvalue weighted by Gasteiger charge is 2.30. The number of rotatable bonds is 2. The van der Waals surface area contributed by atoms with Crippen LogP contribution in [0.3, 0.4) is 0 Å². The maximum Gasteiger partial charge on any atom is 0.322 e. The molecule has 4 heteroatoms. The smallest absolute Gasteiger partial charge is 0.322 e. The minimum Gasteiger partial charge on any atom is -0.322 e. The van der Waals surface area contributed by atoms with E-state index in [0.29, 0.717) is 0 Å². The molecular formula is C11H12N2O2. The van der Waals surface area contributed by atoms with Gasteiger partial charge in [0.1, 0.15) is 6.04 Å². The van der Waals surface area contributed by atoms with Crippen LogP contribution in [0.15, 0.2) is 24.3 Å². The summed E-state index contributed by atoms with van der Waals surface area (Å²) in [6.45, 7) is 2.05. The van der Waals surface area contributed by atoms with Crippen LogP contribution in [0.25, 0.3) is 0 Å². The van der Waals surface area contributed by atoms with Gasteiger partial charge in [0.25, 0.3) is 5.91 Å². The summed E-state index contributed by atoms with van der Waals surface area (Å²) in [5, 5.41) is 4.79.